The van der Waals surface area contributed by atoms with Gasteiger partial charge >= 0.3 is 12.1 Å². The van der Waals surface area contributed by atoms with Gasteiger partial charge < -0.3 is 70.7 Å². The van der Waals surface area contributed by atoms with Crippen LogP contribution in [-0.4, -0.2) is 149 Å². The Morgan fingerprint density at radius 2 is 1.32 bits per heavy atom. The third-order valence-electron chi connectivity index (χ3n) is 12.0. The Hall–Kier alpha value is -7.59. The normalized spacial score (nSPS) is 12.2. The van der Waals surface area contributed by atoms with Crippen molar-refractivity contribution < 1.29 is 65.4 Å². The predicted molar refractivity (Wildman–Crippen MR) is 295 cm³/mol. The van der Waals surface area contributed by atoms with Gasteiger partial charge in [-0.15, -0.1) is 0 Å². The van der Waals surface area contributed by atoms with Crippen molar-refractivity contribution in [3.63, 3.8) is 0 Å². The van der Waals surface area contributed by atoms with Gasteiger partial charge in [-0.05, 0) is 68.0 Å². The summed E-state index contributed by atoms with van der Waals surface area (Å²) in [6.45, 7) is 9.97. The fourth-order valence-corrected chi connectivity index (χ4v) is 8.54. The van der Waals surface area contributed by atoms with E-state index in [0.29, 0.717) is 80.9 Å². The van der Waals surface area contributed by atoms with Gasteiger partial charge in [0.2, 0.25) is 17.7 Å². The molecule has 0 radical (unpaired) electrons. The Bertz CT molecular complexity index is 2870. The van der Waals surface area contributed by atoms with Crippen molar-refractivity contribution in [2.24, 2.45) is 17.5 Å². The smallest absolute Gasteiger partial charge is 0.410 e. The Morgan fingerprint density at radius 1 is 0.738 bits per heavy atom. The van der Waals surface area contributed by atoms with Crippen molar-refractivity contribution >= 4 is 51.2 Å². The number of nitrogens with two attached hydrogens (primary N) is 3. The molecular weight excluding hydrogens is 1060 g/mol. The molecule has 0 spiro atoms. The average Bonchev–Trinajstić information content (AvgIpc) is 3.93. The molecule has 0 saturated carbocycles. The van der Waals surface area contributed by atoms with E-state index in [1.165, 1.54) is 23.2 Å². The molecule has 2 atom stereocenters. The highest BCUT2D eigenvalue weighted by Gasteiger charge is 2.29. The highest BCUT2D eigenvalue weighted by atomic mass is 32.2. The van der Waals surface area contributed by atoms with Crippen molar-refractivity contribution in [1.82, 2.24) is 36.0 Å². The van der Waals surface area contributed by atoms with E-state index in [0.717, 1.165) is 11.1 Å². The van der Waals surface area contributed by atoms with Gasteiger partial charge in [-0.25, -0.2) is 33.9 Å². The van der Waals surface area contributed by atoms with Crippen molar-refractivity contribution in [3.8, 4) is 34.0 Å². The number of aromatic nitrogens is 3. The second-order valence-electron chi connectivity index (χ2n) is 18.8. The van der Waals surface area contributed by atoms with Gasteiger partial charge in [0, 0.05) is 49.4 Å². The number of rotatable bonds is 34. The highest BCUT2D eigenvalue weighted by molar-refractivity contribution is 7.92. The maximum Gasteiger partial charge on any atom is 0.410 e. The Labute approximate surface area is 465 Å². The zero-order chi connectivity index (χ0) is 58.0. The molecule has 0 saturated heterocycles. The van der Waals surface area contributed by atoms with Crippen LogP contribution in [0.2, 0.25) is 0 Å². The summed E-state index contributed by atoms with van der Waals surface area (Å²) in [7, 11) is -1.84. The van der Waals surface area contributed by atoms with Crippen molar-refractivity contribution in [1.29, 1.82) is 0 Å². The Kier molecular flexibility index (Phi) is 25.7. The van der Waals surface area contributed by atoms with E-state index < -0.39 is 57.0 Å². The molecule has 26 heteroatoms. The molecule has 2 heterocycles. The Morgan fingerprint density at radius 3 is 1.93 bits per heavy atom. The van der Waals surface area contributed by atoms with Gasteiger partial charge in [0.05, 0.1) is 81.5 Å². The molecule has 5 rings (SSSR count). The molecule has 0 aliphatic rings. The Balaban J connectivity index is 1.06. The van der Waals surface area contributed by atoms with E-state index in [1.54, 1.807) is 77.2 Å². The summed E-state index contributed by atoms with van der Waals surface area (Å²) in [5.74, 6) is 3.46. The van der Waals surface area contributed by atoms with Crippen LogP contribution in [0.1, 0.15) is 58.1 Å². The van der Waals surface area contributed by atoms with Gasteiger partial charge in [0.25, 0.3) is 0 Å². The first kappa shape index (κ1) is 63.2. The molecule has 2 aromatic heterocycles. The molecule has 3 aromatic carbocycles. The molecule has 80 heavy (non-hydrogen) atoms. The number of anilines is 2. The summed E-state index contributed by atoms with van der Waals surface area (Å²) in [4.78, 5) is 79.4. The zero-order valence-electron chi connectivity index (χ0n) is 45.6. The van der Waals surface area contributed by atoms with Crippen LogP contribution in [0, 0.1) is 5.92 Å². The highest BCUT2D eigenvalue weighted by Crippen LogP contribution is 2.31. The average molecular weight is 1130 g/mol. The lowest BCUT2D eigenvalue weighted by atomic mass is 10.0. The van der Waals surface area contributed by atoms with Crippen LogP contribution in [0.3, 0.4) is 0 Å². The van der Waals surface area contributed by atoms with Gasteiger partial charge in [0.1, 0.15) is 24.4 Å². The first-order valence-electron chi connectivity index (χ1n) is 25.9. The number of nitrogens with zero attached hydrogens (tertiary/aromatic N) is 4. The summed E-state index contributed by atoms with van der Waals surface area (Å²) < 4.78 is 58.0. The largest absolute Gasteiger partial charge is 0.445 e. The van der Waals surface area contributed by atoms with Gasteiger partial charge in [-0.1, -0.05) is 67.5 Å². The number of amides is 6. The molecule has 25 nitrogen and oxygen atoms in total. The lowest BCUT2D eigenvalue weighted by Crippen LogP contribution is -2.54. The van der Waals surface area contributed by atoms with Crippen LogP contribution in [-0.2, 0) is 65.9 Å². The molecule has 0 bridgehead atoms. The van der Waals surface area contributed by atoms with E-state index in [4.69, 9.17) is 45.6 Å². The number of sulfone groups is 1. The zero-order valence-corrected chi connectivity index (χ0v) is 46.5. The predicted octanol–water partition coefficient (Wildman–Crippen LogP) is 4.36. The molecule has 0 aliphatic heterocycles. The maximum absolute atomic E-state index is 13.6. The molecule has 10 N–H and O–H groups in total. The monoisotopic (exact) mass is 1130 g/mol. The molecule has 0 fully saturated rings. The lowest BCUT2D eigenvalue weighted by molar-refractivity contribution is -0.132. The number of hydrogen-bond acceptors (Lipinski definition) is 19. The minimum absolute atomic E-state index is 0.0162. The maximum atomic E-state index is 13.6. The second-order valence-corrected chi connectivity index (χ2v) is 21.3. The van der Waals surface area contributed by atoms with Gasteiger partial charge in [-0.3, -0.25) is 14.4 Å². The van der Waals surface area contributed by atoms with E-state index in [-0.39, 0.29) is 73.8 Å². The number of ether oxygens (including phenoxy) is 5. The van der Waals surface area contributed by atoms with E-state index in [1.807, 2.05) is 24.3 Å². The standard InChI is InChI=1S/C54H73N11O14S/c1-35(2)48(63-47(66)20-22-73-23-24-74-25-26-75-27-28-76-29-30-78-57)52(68)62-43(7-6-21-58-53(56)69)51(67)60-41-16-10-38(11-17-41)34-77-54(70)65(5)33-37-8-12-39(13-9-37)44-31-46(79-64-44)49-50(55)59-32-45(61-49)40-14-18-42(19-15-40)80(71,72)36(3)4/h8-19,31-32,35-36,43,48H,6-7,20-30,33-34,57H2,1-5H3,(H2,55,59)(H,60,67)(H,62,68)(H,63,66)(H3,56,58,69)/t43-,48-/m0/s1. The first-order chi connectivity index (χ1) is 38.4. The molecule has 6 amide bonds. The van der Waals surface area contributed by atoms with E-state index >= 15 is 0 Å². The molecule has 0 aliphatic carbocycles. The number of nitrogens with one attached hydrogen (secondary N) is 4. The quantitative estimate of drug-likeness (QED) is 0.0222. The minimum Gasteiger partial charge on any atom is -0.445 e. The third-order valence-corrected chi connectivity index (χ3v) is 14.2. The van der Waals surface area contributed by atoms with Crippen molar-refractivity contribution in [3.05, 3.63) is 96.2 Å². The number of benzene rings is 3. The van der Waals surface area contributed by atoms with Crippen molar-refractivity contribution in [2.45, 2.75) is 82.3 Å². The van der Waals surface area contributed by atoms with E-state index in [2.05, 4.69) is 41.2 Å². The number of primary amides is 1. The summed E-state index contributed by atoms with van der Waals surface area (Å²) >= 11 is 0. The second kappa shape index (κ2) is 32.5. The number of urea groups is 1. The summed E-state index contributed by atoms with van der Waals surface area (Å²) in [6, 6.07) is 19.3. The summed E-state index contributed by atoms with van der Waals surface area (Å²) in [5, 5.41) is 14.4. The van der Waals surface area contributed by atoms with Crippen LogP contribution >= 0.6 is 0 Å². The number of carbonyl (C=O) groups is 5. The SMILES string of the molecule is CC(C)[C@H](NC(=O)CCOCCOCCOCCOCCON)C(=O)N[C@@H](CCCNC(N)=O)C(=O)Nc1ccc(COC(=O)N(C)Cc2ccc(-c3cc(-c4nc(-c5ccc(S(=O)(=O)C(C)C)cc5)cnc4N)on3)cc2)cc1. The van der Waals surface area contributed by atoms with E-state index in [9.17, 15) is 32.4 Å². The van der Waals surface area contributed by atoms with Crippen LogP contribution in [0.25, 0.3) is 34.0 Å². The van der Waals surface area contributed by atoms with Gasteiger partial charge in [-0.2, -0.15) is 0 Å². The van der Waals surface area contributed by atoms with Gasteiger partial charge in [0.15, 0.2) is 27.1 Å². The van der Waals surface area contributed by atoms with Crippen molar-refractivity contribution in [2.75, 3.05) is 84.1 Å². The summed E-state index contributed by atoms with van der Waals surface area (Å²) in [6.07, 6.45) is 1.33. The summed E-state index contributed by atoms with van der Waals surface area (Å²) in [5.41, 5.74) is 15.8. The molecule has 5 aromatic rings. The number of carbonyl (C=O) groups excluding carboxylic acids is 5. The first-order valence-corrected chi connectivity index (χ1v) is 27.5. The number of nitrogen functional groups attached to an aromatic ring is 1. The lowest BCUT2D eigenvalue weighted by Gasteiger charge is -2.25. The van der Waals surface area contributed by atoms with Crippen LogP contribution in [0.4, 0.5) is 21.1 Å². The molecule has 0 unspecified atom stereocenters. The van der Waals surface area contributed by atoms with Crippen LogP contribution < -0.4 is 38.6 Å². The molecule has 434 valence electrons. The fourth-order valence-electron chi connectivity index (χ4n) is 7.48. The topological polar surface area (TPSA) is 356 Å². The molecular formula is C54H73N11O14S. The minimum atomic E-state index is -3.44. The third kappa shape index (κ3) is 20.6. The van der Waals surface area contributed by atoms with Crippen LogP contribution in [0.15, 0.2) is 94.5 Å². The number of hydrogen-bond donors (Lipinski definition) is 7. The fraction of sp³-hybridized carbons (Fsp3) is 0.444. The van der Waals surface area contributed by atoms with Crippen LogP contribution in [0.5, 0.6) is 0 Å².